The highest BCUT2D eigenvalue weighted by atomic mass is 16.3. The van der Waals surface area contributed by atoms with E-state index in [0.29, 0.717) is 12.8 Å². The van der Waals surface area contributed by atoms with Gasteiger partial charge in [-0.3, -0.25) is 4.79 Å². The molecule has 1 N–H and O–H groups in total. The Morgan fingerprint density at radius 3 is 2.23 bits per heavy atom. The van der Waals surface area contributed by atoms with Crippen LogP contribution in [0.3, 0.4) is 0 Å². The molecule has 0 bridgehead atoms. The molecule has 1 aliphatic rings. The van der Waals surface area contributed by atoms with Crippen molar-refractivity contribution in [2.45, 2.75) is 53.1 Å². The Morgan fingerprint density at radius 2 is 1.92 bits per heavy atom. The summed E-state index contributed by atoms with van der Waals surface area (Å²) in [4.78, 5) is 11.8. The normalized spacial score (nSPS) is 37.8. The number of ketones is 1. The summed E-state index contributed by atoms with van der Waals surface area (Å²) in [6.07, 6.45) is 1.66. The molecule has 0 saturated heterocycles. The molecule has 1 fully saturated rings. The summed E-state index contributed by atoms with van der Waals surface area (Å²) in [5.74, 6) is 0.286. The number of hydrogen-bond donors (Lipinski definition) is 1. The molecule has 2 atom stereocenters. The van der Waals surface area contributed by atoms with E-state index >= 15 is 0 Å². The topological polar surface area (TPSA) is 37.3 Å². The van der Waals surface area contributed by atoms with Crippen LogP contribution >= 0.6 is 0 Å². The maximum Gasteiger partial charge on any atom is 0.139 e. The molecular weight excluding hydrogens is 164 g/mol. The molecule has 0 aromatic carbocycles. The number of rotatable bonds is 2. The minimum atomic E-state index is -0.318. The van der Waals surface area contributed by atoms with E-state index in [2.05, 4.69) is 13.8 Å². The Morgan fingerprint density at radius 1 is 1.38 bits per heavy atom. The van der Waals surface area contributed by atoms with Gasteiger partial charge in [-0.1, -0.05) is 27.7 Å². The Hall–Kier alpha value is -0.370. The highest BCUT2D eigenvalue weighted by molar-refractivity contribution is 5.85. The fourth-order valence-electron chi connectivity index (χ4n) is 2.52. The number of carbonyl (C=O) groups is 1. The summed E-state index contributed by atoms with van der Waals surface area (Å²) in [7, 11) is 0. The summed E-state index contributed by atoms with van der Waals surface area (Å²) in [6.45, 7) is 8.05. The van der Waals surface area contributed by atoms with Gasteiger partial charge in [0.15, 0.2) is 0 Å². The highest BCUT2D eigenvalue weighted by Gasteiger charge is 2.52. The second-order valence-electron chi connectivity index (χ2n) is 5.05. The zero-order chi connectivity index (χ0) is 10.3. The first kappa shape index (κ1) is 10.7. The van der Waals surface area contributed by atoms with E-state index in [0.717, 1.165) is 6.42 Å². The van der Waals surface area contributed by atoms with E-state index in [1.54, 1.807) is 0 Å². The number of aliphatic hydroxyl groups is 1. The summed E-state index contributed by atoms with van der Waals surface area (Å²) in [5, 5.41) is 9.59. The van der Waals surface area contributed by atoms with Crippen LogP contribution in [-0.4, -0.2) is 17.0 Å². The molecule has 2 nitrogen and oxygen atoms in total. The number of aliphatic hydroxyl groups excluding tert-OH is 1. The molecule has 76 valence electrons. The molecule has 2 heteroatoms. The third kappa shape index (κ3) is 1.52. The molecule has 0 radical (unpaired) electrons. The van der Waals surface area contributed by atoms with Gasteiger partial charge < -0.3 is 5.11 Å². The van der Waals surface area contributed by atoms with Crippen LogP contribution in [0.1, 0.15) is 47.0 Å². The Kier molecular flexibility index (Phi) is 2.54. The quantitative estimate of drug-likeness (QED) is 0.714. The van der Waals surface area contributed by atoms with Crippen molar-refractivity contribution in [1.29, 1.82) is 0 Å². The SMILES string of the molecule is CCC(=O)[C@@]1(C)C[C@H](O)CC1(C)C. The van der Waals surface area contributed by atoms with Crippen molar-refractivity contribution in [2.24, 2.45) is 10.8 Å². The lowest BCUT2D eigenvalue weighted by molar-refractivity contribution is -0.132. The van der Waals surface area contributed by atoms with Gasteiger partial charge in [-0.2, -0.15) is 0 Å². The zero-order valence-corrected chi connectivity index (χ0v) is 9.05. The van der Waals surface area contributed by atoms with E-state index in [-0.39, 0.29) is 22.7 Å². The lowest BCUT2D eigenvalue weighted by Crippen LogP contribution is -2.37. The van der Waals surface area contributed by atoms with E-state index in [1.807, 2.05) is 13.8 Å². The molecule has 0 spiro atoms. The highest BCUT2D eigenvalue weighted by Crippen LogP contribution is 2.53. The maximum absolute atomic E-state index is 11.8. The van der Waals surface area contributed by atoms with Crippen molar-refractivity contribution in [3.05, 3.63) is 0 Å². The molecule has 0 amide bonds. The van der Waals surface area contributed by atoms with Crippen molar-refractivity contribution in [1.82, 2.24) is 0 Å². The average molecular weight is 184 g/mol. The van der Waals surface area contributed by atoms with Crippen molar-refractivity contribution >= 4 is 5.78 Å². The lowest BCUT2D eigenvalue weighted by Gasteiger charge is -2.36. The zero-order valence-electron chi connectivity index (χ0n) is 9.05. The predicted molar refractivity (Wildman–Crippen MR) is 52.4 cm³/mol. The largest absolute Gasteiger partial charge is 0.393 e. The summed E-state index contributed by atoms with van der Waals surface area (Å²) in [6, 6.07) is 0. The fourth-order valence-corrected chi connectivity index (χ4v) is 2.52. The first-order valence-electron chi connectivity index (χ1n) is 5.05. The summed E-state index contributed by atoms with van der Waals surface area (Å²) in [5.41, 5.74) is -0.374. The maximum atomic E-state index is 11.8. The molecule has 0 aromatic rings. The molecule has 0 aromatic heterocycles. The summed E-state index contributed by atoms with van der Waals surface area (Å²) < 4.78 is 0. The minimum absolute atomic E-state index is 0.0560. The Balaban J connectivity index is 2.95. The predicted octanol–water partition coefficient (Wildman–Crippen LogP) is 2.15. The van der Waals surface area contributed by atoms with E-state index in [1.165, 1.54) is 0 Å². The molecular formula is C11H20O2. The fraction of sp³-hybridized carbons (Fsp3) is 0.909. The van der Waals surface area contributed by atoms with Gasteiger partial charge in [0.25, 0.3) is 0 Å². The first-order chi connectivity index (χ1) is 5.83. The molecule has 0 heterocycles. The van der Waals surface area contributed by atoms with Gasteiger partial charge in [-0.15, -0.1) is 0 Å². The van der Waals surface area contributed by atoms with E-state index in [9.17, 15) is 9.90 Å². The number of Topliss-reactive ketones (excluding diaryl/α,β-unsaturated/α-hetero) is 1. The average Bonchev–Trinajstić information content (AvgIpc) is 2.20. The molecule has 0 aliphatic heterocycles. The van der Waals surface area contributed by atoms with Crippen LogP contribution in [0.2, 0.25) is 0 Å². The van der Waals surface area contributed by atoms with Gasteiger partial charge in [-0.05, 0) is 18.3 Å². The van der Waals surface area contributed by atoms with Crippen molar-refractivity contribution in [2.75, 3.05) is 0 Å². The number of hydrogen-bond acceptors (Lipinski definition) is 2. The third-order valence-corrected chi connectivity index (χ3v) is 3.82. The molecule has 1 aliphatic carbocycles. The van der Waals surface area contributed by atoms with Gasteiger partial charge in [0, 0.05) is 11.8 Å². The van der Waals surface area contributed by atoms with Crippen molar-refractivity contribution < 1.29 is 9.90 Å². The van der Waals surface area contributed by atoms with Crippen LogP contribution in [0.4, 0.5) is 0 Å². The van der Waals surface area contributed by atoms with Gasteiger partial charge in [-0.25, -0.2) is 0 Å². The van der Waals surface area contributed by atoms with Crippen molar-refractivity contribution in [3.63, 3.8) is 0 Å². The second kappa shape index (κ2) is 3.09. The molecule has 1 saturated carbocycles. The van der Waals surface area contributed by atoms with E-state index < -0.39 is 0 Å². The first-order valence-corrected chi connectivity index (χ1v) is 5.05. The third-order valence-electron chi connectivity index (χ3n) is 3.82. The standard InChI is InChI=1S/C11H20O2/c1-5-9(13)11(4)7-8(12)6-10(11,2)3/h8,12H,5-7H2,1-4H3/t8-,11-/m1/s1. The molecule has 0 unspecified atom stereocenters. The lowest BCUT2D eigenvalue weighted by atomic mass is 9.66. The Bertz CT molecular complexity index is 220. The van der Waals surface area contributed by atoms with Gasteiger partial charge in [0.2, 0.25) is 0 Å². The molecule has 1 rings (SSSR count). The van der Waals surface area contributed by atoms with Crippen LogP contribution < -0.4 is 0 Å². The van der Waals surface area contributed by atoms with Crippen LogP contribution in [0.25, 0.3) is 0 Å². The van der Waals surface area contributed by atoms with E-state index in [4.69, 9.17) is 0 Å². The number of carbonyl (C=O) groups excluding carboxylic acids is 1. The van der Waals surface area contributed by atoms with Crippen LogP contribution in [0.15, 0.2) is 0 Å². The van der Waals surface area contributed by atoms with Crippen molar-refractivity contribution in [3.8, 4) is 0 Å². The Labute approximate surface area is 80.3 Å². The molecule has 13 heavy (non-hydrogen) atoms. The van der Waals surface area contributed by atoms with Crippen LogP contribution in [0.5, 0.6) is 0 Å². The van der Waals surface area contributed by atoms with Gasteiger partial charge in [0.1, 0.15) is 5.78 Å². The monoisotopic (exact) mass is 184 g/mol. The van der Waals surface area contributed by atoms with Gasteiger partial charge in [0.05, 0.1) is 6.10 Å². The van der Waals surface area contributed by atoms with Crippen LogP contribution in [-0.2, 0) is 4.79 Å². The smallest absolute Gasteiger partial charge is 0.139 e. The minimum Gasteiger partial charge on any atom is -0.393 e. The second-order valence-corrected chi connectivity index (χ2v) is 5.05. The van der Waals surface area contributed by atoms with Crippen LogP contribution in [0, 0.1) is 10.8 Å². The summed E-state index contributed by atoms with van der Waals surface area (Å²) >= 11 is 0. The van der Waals surface area contributed by atoms with Gasteiger partial charge >= 0.3 is 0 Å².